The van der Waals surface area contributed by atoms with E-state index in [1.807, 2.05) is 13.8 Å². The summed E-state index contributed by atoms with van der Waals surface area (Å²) in [5, 5.41) is 0. The highest BCUT2D eigenvalue weighted by molar-refractivity contribution is 7.89. The van der Waals surface area contributed by atoms with Crippen molar-refractivity contribution >= 4 is 21.9 Å². The molecule has 1 aliphatic heterocycles. The van der Waals surface area contributed by atoms with E-state index in [-0.39, 0.29) is 35.1 Å². The number of carbonyl (C=O) groups is 2. The Morgan fingerprint density at radius 1 is 1.14 bits per heavy atom. The largest absolute Gasteiger partial charge is 0.452 e. The third kappa shape index (κ3) is 5.17. The first-order chi connectivity index (χ1) is 13.6. The molecule has 0 spiro atoms. The average Bonchev–Trinajstić information content (AvgIpc) is 2.66. The molecule has 1 aliphatic rings. The molecule has 0 N–H and O–H groups in total. The van der Waals surface area contributed by atoms with E-state index in [0.717, 1.165) is 19.3 Å². The second kappa shape index (κ2) is 9.71. The van der Waals surface area contributed by atoms with Gasteiger partial charge in [-0.25, -0.2) is 13.2 Å². The van der Waals surface area contributed by atoms with Gasteiger partial charge >= 0.3 is 5.97 Å². The van der Waals surface area contributed by atoms with Gasteiger partial charge in [0.25, 0.3) is 5.91 Å². The van der Waals surface area contributed by atoms with E-state index >= 15 is 0 Å². The smallest absolute Gasteiger partial charge is 0.338 e. The molecule has 0 aliphatic carbocycles. The lowest BCUT2D eigenvalue weighted by Crippen LogP contribution is -2.49. The van der Waals surface area contributed by atoms with Gasteiger partial charge in [0.2, 0.25) is 10.0 Å². The minimum atomic E-state index is -3.69. The fraction of sp³-hybridized carbons (Fsp3) is 0.619. The van der Waals surface area contributed by atoms with Gasteiger partial charge in [-0.05, 0) is 57.7 Å². The van der Waals surface area contributed by atoms with Crippen molar-refractivity contribution in [1.29, 1.82) is 0 Å². The van der Waals surface area contributed by atoms with E-state index in [2.05, 4.69) is 0 Å². The van der Waals surface area contributed by atoms with Crippen molar-refractivity contribution in [3.63, 3.8) is 0 Å². The quantitative estimate of drug-likeness (QED) is 0.629. The molecule has 0 unspecified atom stereocenters. The number of hydrogen-bond acceptors (Lipinski definition) is 5. The van der Waals surface area contributed by atoms with Gasteiger partial charge in [-0.1, -0.05) is 19.9 Å². The van der Waals surface area contributed by atoms with Crippen LogP contribution in [0.3, 0.4) is 0 Å². The maximum absolute atomic E-state index is 12.7. The van der Waals surface area contributed by atoms with Crippen LogP contribution in [0, 0.1) is 6.92 Å². The van der Waals surface area contributed by atoms with Crippen LogP contribution in [-0.4, -0.2) is 61.3 Å². The summed E-state index contributed by atoms with van der Waals surface area (Å²) in [4.78, 5) is 27.0. The molecule has 0 aromatic heterocycles. The molecule has 0 bridgehead atoms. The first kappa shape index (κ1) is 23.3. The lowest BCUT2D eigenvalue weighted by atomic mass is 9.97. The van der Waals surface area contributed by atoms with Gasteiger partial charge in [0.1, 0.15) is 0 Å². The fourth-order valence-electron chi connectivity index (χ4n) is 3.89. The van der Waals surface area contributed by atoms with Crippen LogP contribution < -0.4 is 0 Å². The zero-order chi connectivity index (χ0) is 21.8. The van der Waals surface area contributed by atoms with Crippen LogP contribution in [0.25, 0.3) is 0 Å². The number of ether oxygens (including phenoxy) is 1. The first-order valence-electron chi connectivity index (χ1n) is 10.2. The molecular weight excluding hydrogens is 392 g/mol. The molecule has 7 nitrogen and oxygen atoms in total. The molecule has 1 amide bonds. The normalized spacial score (nSPS) is 20.0. The Kier molecular flexibility index (Phi) is 7.82. The molecule has 1 fully saturated rings. The van der Waals surface area contributed by atoms with Gasteiger partial charge in [-0.15, -0.1) is 0 Å². The summed E-state index contributed by atoms with van der Waals surface area (Å²) >= 11 is 0. The molecule has 29 heavy (non-hydrogen) atoms. The number of carbonyl (C=O) groups excluding carboxylic acids is 2. The zero-order valence-electron chi connectivity index (χ0n) is 18.0. The predicted octanol–water partition coefficient (Wildman–Crippen LogP) is 2.97. The topological polar surface area (TPSA) is 84.0 Å². The number of piperidine rings is 1. The van der Waals surface area contributed by atoms with Crippen molar-refractivity contribution in [3.8, 4) is 0 Å². The number of esters is 1. The molecule has 1 aromatic rings. The van der Waals surface area contributed by atoms with Gasteiger partial charge in [0.05, 0.1) is 10.5 Å². The van der Waals surface area contributed by atoms with Crippen molar-refractivity contribution in [2.75, 3.05) is 19.7 Å². The minimum Gasteiger partial charge on any atom is -0.452 e. The number of benzene rings is 1. The average molecular weight is 425 g/mol. The van der Waals surface area contributed by atoms with Crippen LogP contribution in [0.2, 0.25) is 0 Å². The van der Waals surface area contributed by atoms with E-state index in [4.69, 9.17) is 4.74 Å². The summed E-state index contributed by atoms with van der Waals surface area (Å²) < 4.78 is 32.1. The van der Waals surface area contributed by atoms with E-state index in [0.29, 0.717) is 18.7 Å². The number of aryl methyl sites for hydroxylation is 1. The Morgan fingerprint density at radius 3 is 2.28 bits per heavy atom. The third-order valence-electron chi connectivity index (χ3n) is 5.58. The van der Waals surface area contributed by atoms with Gasteiger partial charge in [0, 0.05) is 25.2 Å². The minimum absolute atomic E-state index is 0.0448. The third-order valence-corrected chi connectivity index (χ3v) is 7.63. The molecule has 2 rings (SSSR count). The number of hydrogen-bond donors (Lipinski definition) is 0. The number of rotatable bonds is 7. The molecule has 1 saturated heterocycles. The number of nitrogens with zero attached hydrogens (tertiary/aromatic N) is 2. The highest BCUT2D eigenvalue weighted by Crippen LogP contribution is 2.23. The van der Waals surface area contributed by atoms with Gasteiger partial charge < -0.3 is 9.64 Å². The van der Waals surface area contributed by atoms with Crippen LogP contribution >= 0.6 is 0 Å². The van der Waals surface area contributed by atoms with Crippen LogP contribution in [0.4, 0.5) is 0 Å². The summed E-state index contributed by atoms with van der Waals surface area (Å²) in [6, 6.07) is 4.65. The summed E-state index contributed by atoms with van der Waals surface area (Å²) in [5.74, 6) is -0.910. The Hall–Kier alpha value is -1.93. The van der Waals surface area contributed by atoms with E-state index in [1.165, 1.54) is 16.4 Å². The second-order valence-corrected chi connectivity index (χ2v) is 9.51. The Bertz CT molecular complexity index is 839. The second-order valence-electron chi connectivity index (χ2n) is 7.57. The monoisotopic (exact) mass is 424 g/mol. The summed E-state index contributed by atoms with van der Waals surface area (Å²) in [6.45, 7) is 9.57. The molecule has 0 saturated carbocycles. The van der Waals surface area contributed by atoms with E-state index in [1.54, 1.807) is 31.7 Å². The molecule has 0 radical (unpaired) electrons. The SMILES string of the molecule is CCN(CC)S(=O)(=O)c1ccc(C)c(C(=O)OCC(=O)N2[C@@H](C)CCC[C@@H]2C)c1. The molecule has 162 valence electrons. The van der Waals surface area contributed by atoms with Gasteiger partial charge in [0.15, 0.2) is 6.61 Å². The molecular formula is C21H32N2O5S. The number of amides is 1. The summed E-state index contributed by atoms with van der Waals surface area (Å²) in [5.41, 5.74) is 0.756. The first-order valence-corrected chi connectivity index (χ1v) is 11.7. The standard InChI is InChI=1S/C21H32N2O5S/c1-6-22(7-2)29(26,27)18-12-11-15(3)19(13-18)21(25)28-14-20(24)23-16(4)9-8-10-17(23)5/h11-13,16-17H,6-10,14H2,1-5H3/t16-,17-/m0/s1. The van der Waals surface area contributed by atoms with Crippen molar-refractivity contribution < 1.29 is 22.7 Å². The summed E-state index contributed by atoms with van der Waals surface area (Å²) in [6.07, 6.45) is 2.96. The zero-order valence-corrected chi connectivity index (χ0v) is 18.8. The van der Waals surface area contributed by atoms with E-state index < -0.39 is 16.0 Å². The van der Waals surface area contributed by atoms with Crippen LogP contribution in [0.5, 0.6) is 0 Å². The Labute approximate surface area is 174 Å². The summed E-state index contributed by atoms with van der Waals surface area (Å²) in [7, 11) is -3.69. The van der Waals surface area contributed by atoms with E-state index in [9.17, 15) is 18.0 Å². The van der Waals surface area contributed by atoms with Crippen LogP contribution in [0.1, 0.15) is 62.9 Å². The van der Waals surface area contributed by atoms with Crippen LogP contribution in [0.15, 0.2) is 23.1 Å². The highest BCUT2D eigenvalue weighted by Gasteiger charge is 2.30. The molecule has 1 heterocycles. The van der Waals surface area contributed by atoms with Crippen molar-refractivity contribution in [2.45, 2.75) is 70.9 Å². The lowest BCUT2D eigenvalue weighted by Gasteiger charge is -2.38. The molecule has 8 heteroatoms. The Balaban J connectivity index is 2.16. The fourth-order valence-corrected chi connectivity index (χ4v) is 5.37. The van der Waals surface area contributed by atoms with Crippen molar-refractivity contribution in [3.05, 3.63) is 29.3 Å². The molecule has 2 atom stereocenters. The number of sulfonamides is 1. The van der Waals surface area contributed by atoms with Crippen molar-refractivity contribution in [2.24, 2.45) is 0 Å². The van der Waals surface area contributed by atoms with Crippen molar-refractivity contribution in [1.82, 2.24) is 9.21 Å². The molecule has 1 aromatic carbocycles. The Morgan fingerprint density at radius 2 is 1.72 bits per heavy atom. The lowest BCUT2D eigenvalue weighted by molar-refractivity contribution is -0.140. The maximum atomic E-state index is 12.7. The van der Waals surface area contributed by atoms with Gasteiger partial charge in [-0.3, -0.25) is 4.79 Å². The highest BCUT2D eigenvalue weighted by atomic mass is 32.2. The predicted molar refractivity (Wildman–Crippen MR) is 111 cm³/mol. The maximum Gasteiger partial charge on any atom is 0.338 e. The van der Waals surface area contributed by atoms with Crippen LogP contribution in [-0.2, 0) is 19.6 Å². The number of likely N-dealkylation sites (tertiary alicyclic amines) is 1. The van der Waals surface area contributed by atoms with Gasteiger partial charge in [-0.2, -0.15) is 4.31 Å².